The molecule has 3 heterocycles. The van der Waals surface area contributed by atoms with Crippen molar-refractivity contribution in [1.82, 2.24) is 9.88 Å². The van der Waals surface area contributed by atoms with Gasteiger partial charge in [0.25, 0.3) is 0 Å². The Bertz CT molecular complexity index is 812. The number of aliphatic hydroxyl groups excluding tert-OH is 1. The summed E-state index contributed by atoms with van der Waals surface area (Å²) in [6.07, 6.45) is 4.51. The van der Waals surface area contributed by atoms with Crippen LogP contribution in [0.25, 0.3) is 0 Å². The Morgan fingerprint density at radius 1 is 1.00 bits per heavy atom. The van der Waals surface area contributed by atoms with Gasteiger partial charge in [-0.25, -0.2) is 0 Å². The molecule has 1 atom stereocenters. The van der Waals surface area contributed by atoms with Crippen LogP contribution >= 0.6 is 0 Å². The molecule has 0 radical (unpaired) electrons. The average Bonchev–Trinajstić information content (AvgIpc) is 3.22. The van der Waals surface area contributed by atoms with Crippen molar-refractivity contribution in [3.8, 4) is 0 Å². The summed E-state index contributed by atoms with van der Waals surface area (Å²) < 4.78 is 5.45. The number of aromatic nitrogens is 1. The molecular formula is C21H23N3O2. The van der Waals surface area contributed by atoms with Gasteiger partial charge in [-0.2, -0.15) is 0 Å². The molecule has 1 N–H and O–H groups in total. The molecule has 0 saturated carbocycles. The Balaban J connectivity index is 1.47. The molecule has 0 spiro atoms. The second kappa shape index (κ2) is 7.72. The molecule has 26 heavy (non-hydrogen) atoms. The number of nitrogens with zero attached hydrogens (tertiary/aromatic N) is 3. The van der Waals surface area contributed by atoms with Crippen LogP contribution in [0.2, 0.25) is 0 Å². The summed E-state index contributed by atoms with van der Waals surface area (Å²) in [6, 6.07) is 15.8. The predicted octanol–water partition coefficient (Wildman–Crippen LogP) is 3.08. The molecule has 1 aliphatic rings. The maximum Gasteiger partial charge on any atom is 0.117 e. The monoisotopic (exact) mass is 349 g/mol. The molecule has 4 rings (SSSR count). The number of rotatable bonds is 5. The van der Waals surface area contributed by atoms with Gasteiger partial charge in [-0.3, -0.25) is 9.88 Å². The first kappa shape index (κ1) is 16.8. The van der Waals surface area contributed by atoms with Gasteiger partial charge in [0.15, 0.2) is 0 Å². The Morgan fingerprint density at radius 3 is 2.58 bits per heavy atom. The third-order valence-electron chi connectivity index (χ3n) is 4.90. The molecule has 1 saturated heterocycles. The summed E-state index contributed by atoms with van der Waals surface area (Å²) in [5.74, 6) is 1.01. The second-order valence-electron chi connectivity index (χ2n) is 6.59. The number of furan rings is 1. The average molecular weight is 349 g/mol. The van der Waals surface area contributed by atoms with Gasteiger partial charge in [0, 0.05) is 55.4 Å². The first-order chi connectivity index (χ1) is 12.8. The molecule has 5 nitrogen and oxygen atoms in total. The summed E-state index contributed by atoms with van der Waals surface area (Å²) in [5.41, 5.74) is 2.85. The molecule has 0 unspecified atom stereocenters. The standard InChI is InChI=1S/C21H23N3O2/c25-21(17-5-3-9-22-15-17)19-7-1-2-8-20(19)24-12-10-23(11-13-24)16-18-6-4-14-26-18/h1-9,14-15,21,25H,10-13,16H2/t21-/m0/s1. The topological polar surface area (TPSA) is 52.7 Å². The highest BCUT2D eigenvalue weighted by molar-refractivity contribution is 5.56. The van der Waals surface area contributed by atoms with E-state index in [2.05, 4.69) is 20.9 Å². The second-order valence-corrected chi connectivity index (χ2v) is 6.59. The first-order valence-electron chi connectivity index (χ1n) is 8.98. The number of piperazine rings is 1. The lowest BCUT2D eigenvalue weighted by molar-refractivity contribution is 0.217. The lowest BCUT2D eigenvalue weighted by Gasteiger charge is -2.37. The molecular weight excluding hydrogens is 326 g/mol. The number of pyridine rings is 1. The van der Waals surface area contributed by atoms with E-state index in [4.69, 9.17) is 4.42 Å². The van der Waals surface area contributed by atoms with Gasteiger partial charge in [0.05, 0.1) is 12.8 Å². The highest BCUT2D eigenvalue weighted by Gasteiger charge is 2.22. The number of hydrogen-bond donors (Lipinski definition) is 1. The van der Waals surface area contributed by atoms with Crippen LogP contribution < -0.4 is 4.90 Å². The highest BCUT2D eigenvalue weighted by atomic mass is 16.3. The summed E-state index contributed by atoms with van der Waals surface area (Å²) in [4.78, 5) is 8.88. The third-order valence-corrected chi connectivity index (χ3v) is 4.90. The molecule has 3 aromatic rings. The Labute approximate surface area is 153 Å². The largest absolute Gasteiger partial charge is 0.468 e. The van der Waals surface area contributed by atoms with E-state index in [1.165, 1.54) is 0 Å². The van der Waals surface area contributed by atoms with Crippen molar-refractivity contribution in [2.45, 2.75) is 12.6 Å². The van der Waals surface area contributed by atoms with Crippen LogP contribution in [0.4, 0.5) is 5.69 Å². The lowest BCUT2D eigenvalue weighted by atomic mass is 10.0. The number of benzene rings is 1. The summed E-state index contributed by atoms with van der Waals surface area (Å²) >= 11 is 0. The molecule has 5 heteroatoms. The number of para-hydroxylation sites is 1. The summed E-state index contributed by atoms with van der Waals surface area (Å²) in [6.45, 7) is 4.64. The quantitative estimate of drug-likeness (QED) is 0.767. The Morgan fingerprint density at radius 2 is 1.85 bits per heavy atom. The minimum atomic E-state index is -0.666. The molecule has 1 aliphatic heterocycles. The van der Waals surface area contributed by atoms with Crippen LogP contribution in [-0.4, -0.2) is 41.2 Å². The zero-order valence-electron chi connectivity index (χ0n) is 14.7. The molecule has 1 aromatic carbocycles. The van der Waals surface area contributed by atoms with Gasteiger partial charge in [-0.1, -0.05) is 24.3 Å². The number of anilines is 1. The third kappa shape index (κ3) is 3.64. The van der Waals surface area contributed by atoms with Crippen molar-refractivity contribution in [3.63, 3.8) is 0 Å². The van der Waals surface area contributed by atoms with Crippen molar-refractivity contribution in [2.24, 2.45) is 0 Å². The van der Waals surface area contributed by atoms with Crippen molar-refractivity contribution < 1.29 is 9.52 Å². The maximum absolute atomic E-state index is 10.8. The van der Waals surface area contributed by atoms with Crippen molar-refractivity contribution >= 4 is 5.69 Å². The lowest BCUT2D eigenvalue weighted by Crippen LogP contribution is -2.46. The van der Waals surface area contributed by atoms with Crippen LogP contribution in [-0.2, 0) is 6.54 Å². The fourth-order valence-corrected chi connectivity index (χ4v) is 3.49. The SMILES string of the molecule is O[C@@H](c1cccnc1)c1ccccc1N1CCN(Cc2ccco2)CC1. The van der Waals surface area contributed by atoms with Crippen molar-refractivity contribution in [1.29, 1.82) is 0 Å². The van der Waals surface area contributed by atoms with E-state index in [0.717, 1.165) is 55.3 Å². The van der Waals surface area contributed by atoms with Crippen molar-refractivity contribution in [2.75, 3.05) is 31.1 Å². The van der Waals surface area contributed by atoms with Crippen LogP contribution in [0, 0.1) is 0 Å². The molecule has 0 bridgehead atoms. The van der Waals surface area contributed by atoms with Gasteiger partial charge in [0.1, 0.15) is 11.9 Å². The smallest absolute Gasteiger partial charge is 0.117 e. The maximum atomic E-state index is 10.8. The van der Waals surface area contributed by atoms with Gasteiger partial charge in [-0.15, -0.1) is 0 Å². The molecule has 134 valence electrons. The fourth-order valence-electron chi connectivity index (χ4n) is 3.49. The van der Waals surface area contributed by atoms with E-state index in [1.807, 2.05) is 42.5 Å². The van der Waals surface area contributed by atoms with E-state index in [0.29, 0.717) is 0 Å². The number of aliphatic hydroxyl groups is 1. The van der Waals surface area contributed by atoms with Crippen LogP contribution in [0.1, 0.15) is 23.0 Å². The number of hydrogen-bond acceptors (Lipinski definition) is 5. The van der Waals surface area contributed by atoms with Gasteiger partial charge in [0.2, 0.25) is 0 Å². The minimum absolute atomic E-state index is 0.666. The molecule has 0 aliphatic carbocycles. The zero-order chi connectivity index (χ0) is 17.8. The van der Waals surface area contributed by atoms with Gasteiger partial charge < -0.3 is 14.4 Å². The summed E-state index contributed by atoms with van der Waals surface area (Å²) in [5, 5.41) is 10.8. The normalized spacial score (nSPS) is 16.6. The van der Waals surface area contributed by atoms with E-state index < -0.39 is 6.10 Å². The van der Waals surface area contributed by atoms with Gasteiger partial charge >= 0.3 is 0 Å². The molecule has 2 aromatic heterocycles. The Kier molecular flexibility index (Phi) is 5.00. The van der Waals surface area contributed by atoms with Crippen LogP contribution in [0.15, 0.2) is 71.6 Å². The minimum Gasteiger partial charge on any atom is -0.468 e. The summed E-state index contributed by atoms with van der Waals surface area (Å²) in [7, 11) is 0. The first-order valence-corrected chi connectivity index (χ1v) is 8.98. The molecule has 1 fully saturated rings. The fraction of sp³-hybridized carbons (Fsp3) is 0.286. The zero-order valence-corrected chi connectivity index (χ0v) is 14.7. The van der Waals surface area contributed by atoms with E-state index in [9.17, 15) is 5.11 Å². The van der Waals surface area contributed by atoms with Crippen LogP contribution in [0.5, 0.6) is 0 Å². The predicted molar refractivity (Wildman–Crippen MR) is 101 cm³/mol. The van der Waals surface area contributed by atoms with E-state index in [-0.39, 0.29) is 0 Å². The van der Waals surface area contributed by atoms with E-state index in [1.54, 1.807) is 18.7 Å². The van der Waals surface area contributed by atoms with Gasteiger partial charge in [-0.05, 0) is 24.3 Å². The van der Waals surface area contributed by atoms with Crippen molar-refractivity contribution in [3.05, 3.63) is 84.1 Å². The Hall–Kier alpha value is -2.63. The van der Waals surface area contributed by atoms with E-state index >= 15 is 0 Å². The molecule has 0 amide bonds. The highest BCUT2D eigenvalue weighted by Crippen LogP contribution is 2.31. The van der Waals surface area contributed by atoms with Crippen LogP contribution in [0.3, 0.4) is 0 Å².